The quantitative estimate of drug-likeness (QED) is 0.611. The van der Waals surface area contributed by atoms with Crippen LogP contribution >= 0.6 is 0 Å². The summed E-state index contributed by atoms with van der Waals surface area (Å²) in [6.45, 7) is 6.30. The Hall–Kier alpha value is -2.51. The molecule has 2 rings (SSSR count). The number of nitrogens with zero attached hydrogens (tertiary/aromatic N) is 1. The fraction of sp³-hybridized carbons (Fsp3) is 0.412. The maximum absolute atomic E-state index is 12.4. The third-order valence-corrected chi connectivity index (χ3v) is 3.18. The number of rotatable bonds is 4. The number of carbonyl (C=O) groups excluding carboxylic acids is 2. The molecule has 0 N–H and O–H groups in total. The first kappa shape index (κ1) is 18.8. The Balaban J connectivity index is 2.42. The molecule has 0 bridgehead atoms. The number of hydrogen-bond donors (Lipinski definition) is 0. The molecule has 25 heavy (non-hydrogen) atoms. The summed E-state index contributed by atoms with van der Waals surface area (Å²) in [4.78, 5) is 23.8. The smallest absolute Gasteiger partial charge is 0.459 e. The lowest BCUT2D eigenvalue weighted by Crippen LogP contribution is -2.26. The monoisotopic (exact) mass is 357 g/mol. The Morgan fingerprint density at radius 1 is 1.16 bits per heavy atom. The van der Waals surface area contributed by atoms with E-state index in [1.807, 2.05) is 0 Å². The van der Waals surface area contributed by atoms with Crippen LogP contribution in [0.25, 0.3) is 10.9 Å². The molecular formula is C17H18F3NO4. The van der Waals surface area contributed by atoms with Gasteiger partial charge in [-0.1, -0.05) is 0 Å². The van der Waals surface area contributed by atoms with E-state index in [9.17, 15) is 22.8 Å². The van der Waals surface area contributed by atoms with Gasteiger partial charge >= 0.3 is 12.3 Å². The average Bonchev–Trinajstić information content (AvgIpc) is 2.72. The highest BCUT2D eigenvalue weighted by Crippen LogP contribution is 2.30. The Morgan fingerprint density at radius 2 is 1.80 bits per heavy atom. The lowest BCUT2D eigenvalue weighted by Gasteiger charge is -2.19. The fourth-order valence-corrected chi connectivity index (χ4v) is 2.40. The molecule has 5 nitrogen and oxygen atoms in total. The van der Waals surface area contributed by atoms with E-state index in [4.69, 9.17) is 4.74 Å². The maximum atomic E-state index is 12.4. The third-order valence-electron chi connectivity index (χ3n) is 3.18. The molecule has 0 aliphatic carbocycles. The summed E-state index contributed by atoms with van der Waals surface area (Å²) in [5.74, 6) is -1.29. The molecule has 0 radical (unpaired) electrons. The topological polar surface area (TPSA) is 57.5 Å². The number of aromatic nitrogens is 1. The van der Waals surface area contributed by atoms with Gasteiger partial charge in [0.25, 0.3) is 0 Å². The molecule has 0 unspecified atom stereocenters. The van der Waals surface area contributed by atoms with Crippen LogP contribution in [-0.4, -0.2) is 28.3 Å². The summed E-state index contributed by atoms with van der Waals surface area (Å²) >= 11 is 0. The number of Topliss-reactive ketones (excluding diaryl/α,β-unsaturated/α-hetero) is 1. The second-order valence-electron chi connectivity index (χ2n) is 6.54. The van der Waals surface area contributed by atoms with E-state index in [1.165, 1.54) is 23.8 Å². The summed E-state index contributed by atoms with van der Waals surface area (Å²) in [6.07, 6.45) is -3.41. The minimum Gasteiger partial charge on any atom is -0.459 e. The van der Waals surface area contributed by atoms with Crippen LogP contribution in [0.2, 0.25) is 0 Å². The van der Waals surface area contributed by atoms with E-state index in [0.717, 1.165) is 12.1 Å². The van der Waals surface area contributed by atoms with Crippen LogP contribution in [0.3, 0.4) is 0 Å². The number of ketones is 1. The number of hydrogen-bond acceptors (Lipinski definition) is 4. The average molecular weight is 357 g/mol. The molecule has 0 aliphatic heterocycles. The Kier molecular flexibility index (Phi) is 4.83. The third kappa shape index (κ3) is 4.98. The van der Waals surface area contributed by atoms with Crippen molar-refractivity contribution in [2.75, 3.05) is 0 Å². The zero-order chi connectivity index (χ0) is 19.0. The summed E-state index contributed by atoms with van der Waals surface area (Å²) in [7, 11) is 0. The number of benzene rings is 1. The van der Waals surface area contributed by atoms with Crippen molar-refractivity contribution < 1.29 is 32.2 Å². The number of esters is 1. The summed E-state index contributed by atoms with van der Waals surface area (Å²) in [6, 6.07) is 3.63. The van der Waals surface area contributed by atoms with Gasteiger partial charge in [-0.3, -0.25) is 9.59 Å². The van der Waals surface area contributed by atoms with Crippen LogP contribution in [0.4, 0.5) is 13.2 Å². The van der Waals surface area contributed by atoms with Crippen LogP contribution in [0.5, 0.6) is 5.75 Å². The van der Waals surface area contributed by atoms with Crippen molar-refractivity contribution in [3.05, 3.63) is 30.0 Å². The molecule has 1 aromatic carbocycles. The minimum atomic E-state index is -4.83. The van der Waals surface area contributed by atoms with Gasteiger partial charge < -0.3 is 14.0 Å². The van der Waals surface area contributed by atoms with Crippen LogP contribution in [-0.2, 0) is 16.1 Å². The normalized spacial score (nSPS) is 12.3. The van der Waals surface area contributed by atoms with Gasteiger partial charge in [0.15, 0.2) is 5.78 Å². The van der Waals surface area contributed by atoms with Crippen molar-refractivity contribution in [1.82, 2.24) is 4.57 Å². The van der Waals surface area contributed by atoms with Crippen molar-refractivity contribution in [3.8, 4) is 5.75 Å². The van der Waals surface area contributed by atoms with Gasteiger partial charge in [0, 0.05) is 22.7 Å². The first-order valence-corrected chi connectivity index (χ1v) is 7.47. The van der Waals surface area contributed by atoms with E-state index in [2.05, 4.69) is 4.74 Å². The van der Waals surface area contributed by atoms with Gasteiger partial charge in [0.05, 0.1) is 0 Å². The second-order valence-corrected chi connectivity index (χ2v) is 6.54. The van der Waals surface area contributed by atoms with Crippen LogP contribution < -0.4 is 4.74 Å². The zero-order valence-electron chi connectivity index (χ0n) is 14.2. The summed E-state index contributed by atoms with van der Waals surface area (Å²) in [5, 5.41) is 0.276. The van der Waals surface area contributed by atoms with Gasteiger partial charge in [-0.05, 0) is 45.9 Å². The first-order chi connectivity index (χ1) is 11.4. The predicted octanol–water partition coefficient (Wildman–Crippen LogP) is 4.08. The van der Waals surface area contributed by atoms with Gasteiger partial charge in [0.2, 0.25) is 0 Å². The molecule has 0 saturated carbocycles. The first-order valence-electron chi connectivity index (χ1n) is 7.47. The van der Waals surface area contributed by atoms with E-state index in [0.29, 0.717) is 5.52 Å². The molecule has 0 aliphatic rings. The van der Waals surface area contributed by atoms with Gasteiger partial charge in [-0.2, -0.15) is 0 Å². The molecule has 1 heterocycles. The highest BCUT2D eigenvalue weighted by molar-refractivity contribution is 6.07. The molecule has 136 valence electrons. The molecule has 0 amide bonds. The van der Waals surface area contributed by atoms with Crippen molar-refractivity contribution in [2.45, 2.75) is 46.2 Å². The van der Waals surface area contributed by atoms with E-state index in [1.54, 1.807) is 20.8 Å². The van der Waals surface area contributed by atoms with E-state index in [-0.39, 0.29) is 23.3 Å². The Morgan fingerprint density at radius 3 is 2.32 bits per heavy atom. The number of alkyl halides is 3. The molecule has 0 fully saturated rings. The van der Waals surface area contributed by atoms with E-state index < -0.39 is 23.7 Å². The molecule has 0 atom stereocenters. The number of fused-ring (bicyclic) bond motifs is 1. The van der Waals surface area contributed by atoms with Gasteiger partial charge in [-0.15, -0.1) is 13.2 Å². The predicted molar refractivity (Wildman–Crippen MR) is 84.5 cm³/mol. The number of halogens is 3. The summed E-state index contributed by atoms with van der Waals surface area (Å²) in [5.41, 5.74) is -0.0336. The highest BCUT2D eigenvalue weighted by Gasteiger charge is 2.31. The lowest BCUT2D eigenvalue weighted by molar-refractivity contribution is -0.274. The maximum Gasteiger partial charge on any atom is 0.573 e. The molecule has 0 saturated heterocycles. The van der Waals surface area contributed by atoms with E-state index >= 15 is 0 Å². The molecular weight excluding hydrogens is 339 g/mol. The largest absolute Gasteiger partial charge is 0.573 e. The molecule has 8 heteroatoms. The van der Waals surface area contributed by atoms with Gasteiger partial charge in [0.1, 0.15) is 17.9 Å². The van der Waals surface area contributed by atoms with Crippen molar-refractivity contribution >= 4 is 22.7 Å². The van der Waals surface area contributed by atoms with Crippen LogP contribution in [0.15, 0.2) is 24.4 Å². The van der Waals surface area contributed by atoms with Crippen molar-refractivity contribution in [3.63, 3.8) is 0 Å². The highest BCUT2D eigenvalue weighted by atomic mass is 19.4. The second kappa shape index (κ2) is 6.42. The zero-order valence-corrected chi connectivity index (χ0v) is 14.2. The number of ether oxygens (including phenoxy) is 2. The SMILES string of the molecule is CC(=O)c1cn(CC(=O)OC(C)(C)C)c2ccc(OC(F)(F)F)cc12. The Bertz CT molecular complexity index is 816. The molecule has 0 spiro atoms. The molecule has 2 aromatic rings. The fourth-order valence-electron chi connectivity index (χ4n) is 2.40. The lowest BCUT2D eigenvalue weighted by atomic mass is 10.1. The standard InChI is InChI=1S/C17H18F3NO4/c1-10(22)13-8-21(9-15(23)25-16(2,3)4)14-6-5-11(7-12(13)14)24-17(18,19)20/h5-8H,9H2,1-4H3. The van der Waals surface area contributed by atoms with Crippen LogP contribution in [0, 0.1) is 0 Å². The van der Waals surface area contributed by atoms with Gasteiger partial charge in [-0.25, -0.2) is 0 Å². The van der Waals surface area contributed by atoms with Crippen molar-refractivity contribution in [1.29, 1.82) is 0 Å². The molecule has 1 aromatic heterocycles. The summed E-state index contributed by atoms with van der Waals surface area (Å²) < 4.78 is 47.7. The van der Waals surface area contributed by atoms with Crippen molar-refractivity contribution in [2.24, 2.45) is 0 Å². The van der Waals surface area contributed by atoms with Crippen LogP contribution in [0.1, 0.15) is 38.1 Å². The number of carbonyl (C=O) groups is 2. The Labute approximate surface area is 142 Å². The minimum absolute atomic E-state index is 0.166.